The monoisotopic (exact) mass is 477 g/mol. The van der Waals surface area contributed by atoms with Crippen molar-refractivity contribution in [3.63, 3.8) is 0 Å². The van der Waals surface area contributed by atoms with E-state index in [9.17, 15) is 19.2 Å². The van der Waals surface area contributed by atoms with Gasteiger partial charge in [0.25, 0.3) is 0 Å². The van der Waals surface area contributed by atoms with Crippen molar-refractivity contribution in [1.82, 2.24) is 5.32 Å². The van der Waals surface area contributed by atoms with Crippen molar-refractivity contribution in [3.05, 3.63) is 100 Å². The summed E-state index contributed by atoms with van der Waals surface area (Å²) < 4.78 is 20.0. The number of benzene rings is 2. The van der Waals surface area contributed by atoms with Crippen molar-refractivity contribution in [1.29, 1.82) is 5.26 Å². The first-order valence-electron chi connectivity index (χ1n) is 10.5. The van der Waals surface area contributed by atoms with Gasteiger partial charge in [-0.15, -0.1) is 0 Å². The Morgan fingerprint density at radius 1 is 1.24 bits per heavy atom. The fourth-order valence-corrected chi connectivity index (χ4v) is 4.46. The van der Waals surface area contributed by atoms with E-state index >= 15 is 0 Å². The second-order valence-electron chi connectivity index (χ2n) is 7.51. The number of carbonyl (C=O) groups is 2. The molecule has 1 unspecified atom stereocenters. The van der Waals surface area contributed by atoms with E-state index in [0.717, 1.165) is 17.3 Å². The van der Waals surface area contributed by atoms with Crippen LogP contribution in [-0.2, 0) is 14.3 Å². The Hall–Kier alpha value is -3.83. The van der Waals surface area contributed by atoms with E-state index in [1.807, 2.05) is 25.1 Å². The maximum Gasteiger partial charge on any atom is 0.337 e. The van der Waals surface area contributed by atoms with E-state index in [1.165, 1.54) is 24.3 Å². The van der Waals surface area contributed by atoms with E-state index in [2.05, 4.69) is 23.3 Å². The molecule has 8 heteroatoms. The molecule has 0 spiro atoms. The van der Waals surface area contributed by atoms with Gasteiger partial charge >= 0.3 is 5.97 Å². The number of nitriles is 1. The van der Waals surface area contributed by atoms with Crippen LogP contribution < -0.4 is 10.6 Å². The normalized spacial score (nSPS) is 15.3. The number of rotatable bonds is 8. The molecule has 1 aliphatic heterocycles. The molecular formula is C26H24FN3O3S. The highest BCUT2D eigenvalue weighted by Gasteiger charge is 2.37. The number of ether oxygens (including phenoxy) is 1. The van der Waals surface area contributed by atoms with Crippen molar-refractivity contribution in [2.45, 2.75) is 19.8 Å². The van der Waals surface area contributed by atoms with Crippen molar-refractivity contribution in [2.24, 2.45) is 0 Å². The summed E-state index contributed by atoms with van der Waals surface area (Å²) >= 11 is 1.11. The molecule has 0 saturated carbocycles. The third-order valence-electron chi connectivity index (χ3n) is 5.18. The highest BCUT2D eigenvalue weighted by Crippen LogP contribution is 2.41. The number of anilines is 1. The number of halogens is 1. The number of hydrogen-bond donors (Lipinski definition) is 2. The third-order valence-corrected chi connectivity index (χ3v) is 6.20. The Morgan fingerprint density at radius 2 is 1.94 bits per heavy atom. The highest BCUT2D eigenvalue weighted by atomic mass is 32.2. The molecule has 0 aromatic heterocycles. The number of nitrogens with one attached hydrogen (secondary N) is 2. The summed E-state index contributed by atoms with van der Waals surface area (Å²) in [6.07, 6.45) is 1.43. The van der Waals surface area contributed by atoms with E-state index in [4.69, 9.17) is 4.74 Å². The molecule has 1 heterocycles. The molecule has 2 aromatic carbocycles. The predicted octanol–water partition coefficient (Wildman–Crippen LogP) is 4.93. The van der Waals surface area contributed by atoms with Gasteiger partial charge < -0.3 is 15.4 Å². The lowest BCUT2D eigenvalue weighted by molar-refractivity contribution is -0.138. The number of carbonyl (C=O) groups excluding carboxylic acids is 2. The second kappa shape index (κ2) is 11.3. The zero-order valence-electron chi connectivity index (χ0n) is 18.9. The lowest BCUT2D eigenvalue weighted by Crippen LogP contribution is -2.30. The number of allylic oxidation sites excluding steroid dienone is 2. The number of dihydropyridines is 1. The average molecular weight is 478 g/mol. The Morgan fingerprint density at radius 3 is 2.62 bits per heavy atom. The fourth-order valence-electron chi connectivity index (χ4n) is 3.57. The quantitative estimate of drug-likeness (QED) is 0.414. The SMILES string of the molecule is C=CCOC(=O)C1=C(C)NC(SCC(=O)Nc2ccccc2C)=C(C#N)C1c1ccccc1F. The molecule has 1 atom stereocenters. The first kappa shape index (κ1) is 24.8. The molecule has 0 radical (unpaired) electrons. The first-order valence-corrected chi connectivity index (χ1v) is 11.5. The van der Waals surface area contributed by atoms with Crippen molar-refractivity contribution in [2.75, 3.05) is 17.7 Å². The topological polar surface area (TPSA) is 91.2 Å². The van der Waals surface area contributed by atoms with Crippen LogP contribution in [0.4, 0.5) is 10.1 Å². The smallest absolute Gasteiger partial charge is 0.337 e. The molecule has 3 rings (SSSR count). The third kappa shape index (κ3) is 5.56. The van der Waals surface area contributed by atoms with E-state index in [0.29, 0.717) is 16.4 Å². The minimum absolute atomic E-state index is 0.00929. The summed E-state index contributed by atoms with van der Waals surface area (Å²) in [7, 11) is 0. The van der Waals surface area contributed by atoms with Gasteiger partial charge in [0.1, 0.15) is 12.4 Å². The standard InChI is InChI=1S/C26H24FN3O3S/c1-4-13-33-26(32)23-17(3)29-25(19(14-28)24(23)18-10-6-7-11-20(18)27)34-15-22(31)30-21-12-8-5-9-16(21)2/h4-12,24,29H,1,13,15H2,2-3H3,(H,30,31). The summed E-state index contributed by atoms with van der Waals surface area (Å²) in [5.41, 5.74) is 2.49. The summed E-state index contributed by atoms with van der Waals surface area (Å²) in [5.74, 6) is -2.45. The van der Waals surface area contributed by atoms with Crippen LogP contribution in [0, 0.1) is 24.1 Å². The summed E-state index contributed by atoms with van der Waals surface area (Å²) in [6.45, 7) is 7.06. The molecular weight excluding hydrogens is 453 g/mol. The second-order valence-corrected chi connectivity index (χ2v) is 8.50. The summed E-state index contributed by atoms with van der Waals surface area (Å²) in [6, 6.07) is 15.5. The molecule has 0 bridgehead atoms. The van der Waals surface area contributed by atoms with Crippen LogP contribution >= 0.6 is 11.8 Å². The lowest BCUT2D eigenvalue weighted by Gasteiger charge is -2.29. The molecule has 2 N–H and O–H groups in total. The molecule has 2 aromatic rings. The number of amides is 1. The van der Waals surface area contributed by atoms with Gasteiger partial charge in [0.2, 0.25) is 5.91 Å². The van der Waals surface area contributed by atoms with Gasteiger partial charge in [-0.05, 0) is 31.5 Å². The molecule has 1 amide bonds. The first-order chi connectivity index (χ1) is 16.4. The minimum atomic E-state index is -0.980. The molecule has 0 fully saturated rings. The molecule has 0 saturated heterocycles. The molecule has 6 nitrogen and oxygen atoms in total. The van der Waals surface area contributed by atoms with Gasteiger partial charge in [-0.25, -0.2) is 9.18 Å². The van der Waals surface area contributed by atoms with Crippen LogP contribution in [0.1, 0.15) is 24.0 Å². The molecule has 0 aliphatic carbocycles. The number of esters is 1. The van der Waals surface area contributed by atoms with E-state index < -0.39 is 17.7 Å². The van der Waals surface area contributed by atoms with Crippen LogP contribution in [-0.4, -0.2) is 24.2 Å². The predicted molar refractivity (Wildman–Crippen MR) is 131 cm³/mol. The Balaban J connectivity index is 1.93. The number of nitrogens with zero attached hydrogens (tertiary/aromatic N) is 1. The number of para-hydroxylation sites is 1. The van der Waals surface area contributed by atoms with E-state index in [1.54, 1.807) is 19.1 Å². The van der Waals surface area contributed by atoms with Gasteiger partial charge in [0.05, 0.1) is 33.9 Å². The molecule has 174 valence electrons. The zero-order valence-corrected chi connectivity index (χ0v) is 19.7. The zero-order chi connectivity index (χ0) is 24.7. The lowest BCUT2D eigenvalue weighted by atomic mass is 9.82. The number of thioether (sulfide) groups is 1. The van der Waals surface area contributed by atoms with Gasteiger partial charge in [0.15, 0.2) is 0 Å². The van der Waals surface area contributed by atoms with E-state index in [-0.39, 0.29) is 35.0 Å². The number of hydrogen-bond acceptors (Lipinski definition) is 6. The van der Waals surface area contributed by atoms with Crippen LogP contribution in [0.3, 0.4) is 0 Å². The maximum absolute atomic E-state index is 14.8. The largest absolute Gasteiger partial charge is 0.458 e. The van der Waals surface area contributed by atoms with Gasteiger partial charge in [-0.1, -0.05) is 60.8 Å². The summed E-state index contributed by atoms with van der Waals surface area (Å²) in [4.78, 5) is 25.4. The van der Waals surface area contributed by atoms with Crippen LogP contribution in [0.2, 0.25) is 0 Å². The van der Waals surface area contributed by atoms with Crippen LogP contribution in [0.5, 0.6) is 0 Å². The number of aryl methyl sites for hydroxylation is 1. The molecule has 34 heavy (non-hydrogen) atoms. The maximum atomic E-state index is 14.8. The average Bonchev–Trinajstić information content (AvgIpc) is 2.82. The van der Waals surface area contributed by atoms with Crippen LogP contribution in [0.15, 0.2) is 83.1 Å². The van der Waals surface area contributed by atoms with Crippen molar-refractivity contribution in [3.8, 4) is 6.07 Å². The van der Waals surface area contributed by atoms with Gasteiger partial charge in [-0.3, -0.25) is 4.79 Å². The Bertz CT molecular complexity index is 1230. The highest BCUT2D eigenvalue weighted by molar-refractivity contribution is 8.03. The van der Waals surface area contributed by atoms with Crippen molar-refractivity contribution >= 4 is 29.3 Å². The fraction of sp³-hybridized carbons (Fsp3) is 0.192. The van der Waals surface area contributed by atoms with Crippen LogP contribution in [0.25, 0.3) is 0 Å². The Labute approximate surface area is 202 Å². The minimum Gasteiger partial charge on any atom is -0.458 e. The van der Waals surface area contributed by atoms with Gasteiger partial charge in [0, 0.05) is 16.9 Å². The summed E-state index contributed by atoms with van der Waals surface area (Å²) in [5, 5.41) is 16.3. The Kier molecular flexibility index (Phi) is 8.28. The van der Waals surface area contributed by atoms with Gasteiger partial charge in [-0.2, -0.15) is 5.26 Å². The van der Waals surface area contributed by atoms with Crippen molar-refractivity contribution < 1.29 is 18.7 Å². The molecule has 1 aliphatic rings.